The average Bonchev–Trinajstić information content (AvgIpc) is 2.72. The second kappa shape index (κ2) is 11.8. The number of anilines is 2. The van der Waals surface area contributed by atoms with E-state index >= 15 is 0 Å². The highest BCUT2D eigenvalue weighted by Crippen LogP contribution is 2.24. The standard InChI is InChI=1S/C23H34N4O3S/c1-5-7-12-26(19(28)11-14-31-18-10-9-16(3)17(4)15-18)20-21(24)27(13-8-6-2)23(30)25-22(20)29/h9-10,15H,5-8,11-14,24H2,1-4H3,(H,25,29,30). The van der Waals surface area contributed by atoms with Crippen LogP contribution < -0.4 is 21.9 Å². The Hall–Kier alpha value is -2.48. The molecule has 1 aromatic carbocycles. The summed E-state index contributed by atoms with van der Waals surface area (Å²) in [6.45, 7) is 8.97. The van der Waals surface area contributed by atoms with E-state index in [0.29, 0.717) is 18.8 Å². The molecule has 0 aliphatic rings. The van der Waals surface area contributed by atoms with Gasteiger partial charge in [0.2, 0.25) is 5.91 Å². The molecule has 0 spiro atoms. The van der Waals surface area contributed by atoms with Crippen LogP contribution in [0.25, 0.3) is 0 Å². The van der Waals surface area contributed by atoms with Crippen LogP contribution >= 0.6 is 11.8 Å². The van der Waals surface area contributed by atoms with Crippen LogP contribution in [-0.2, 0) is 11.3 Å². The molecule has 1 amide bonds. The maximum absolute atomic E-state index is 13.1. The second-order valence-corrected chi connectivity index (χ2v) is 8.91. The van der Waals surface area contributed by atoms with Crippen molar-refractivity contribution in [2.45, 2.75) is 71.2 Å². The Balaban J connectivity index is 2.24. The molecule has 1 heterocycles. The van der Waals surface area contributed by atoms with Crippen molar-refractivity contribution in [2.75, 3.05) is 22.9 Å². The number of rotatable bonds is 11. The van der Waals surface area contributed by atoms with Gasteiger partial charge in [0.15, 0.2) is 5.69 Å². The number of aryl methyl sites for hydroxylation is 2. The van der Waals surface area contributed by atoms with Crippen LogP contribution in [0.1, 0.15) is 57.1 Å². The highest BCUT2D eigenvalue weighted by Gasteiger charge is 2.23. The number of aromatic nitrogens is 2. The first-order valence-corrected chi connectivity index (χ1v) is 11.9. The third-order valence-corrected chi connectivity index (χ3v) is 6.31. The van der Waals surface area contributed by atoms with Gasteiger partial charge >= 0.3 is 5.69 Å². The van der Waals surface area contributed by atoms with E-state index in [1.165, 1.54) is 20.6 Å². The van der Waals surface area contributed by atoms with E-state index < -0.39 is 11.2 Å². The third kappa shape index (κ3) is 6.50. The van der Waals surface area contributed by atoms with Gasteiger partial charge in [0.25, 0.3) is 5.56 Å². The molecule has 0 radical (unpaired) electrons. The van der Waals surface area contributed by atoms with Crippen LogP contribution in [-0.4, -0.2) is 27.8 Å². The fourth-order valence-corrected chi connectivity index (χ4v) is 4.19. The minimum absolute atomic E-state index is 0.0634. The van der Waals surface area contributed by atoms with Gasteiger partial charge in [-0.25, -0.2) is 4.79 Å². The van der Waals surface area contributed by atoms with Crippen molar-refractivity contribution in [1.29, 1.82) is 0 Å². The van der Waals surface area contributed by atoms with Gasteiger partial charge in [-0.3, -0.25) is 19.1 Å². The largest absolute Gasteiger partial charge is 0.383 e. The van der Waals surface area contributed by atoms with Crippen LogP contribution in [0.4, 0.5) is 11.5 Å². The predicted molar refractivity (Wildman–Crippen MR) is 129 cm³/mol. The molecule has 0 aliphatic carbocycles. The van der Waals surface area contributed by atoms with Gasteiger partial charge in [0, 0.05) is 30.2 Å². The van der Waals surface area contributed by atoms with Gasteiger partial charge in [-0.05, 0) is 49.9 Å². The fourth-order valence-electron chi connectivity index (χ4n) is 3.25. The minimum atomic E-state index is -0.610. The number of benzene rings is 1. The Morgan fingerprint density at radius 2 is 1.84 bits per heavy atom. The highest BCUT2D eigenvalue weighted by molar-refractivity contribution is 7.99. The first kappa shape index (κ1) is 24.8. The van der Waals surface area contributed by atoms with E-state index in [-0.39, 0.29) is 23.8 Å². The number of carbonyl (C=O) groups excluding carboxylic acids is 1. The topological polar surface area (TPSA) is 101 Å². The molecule has 2 aromatic rings. The van der Waals surface area contributed by atoms with E-state index in [9.17, 15) is 14.4 Å². The molecule has 0 unspecified atom stereocenters. The van der Waals surface area contributed by atoms with Crippen molar-refractivity contribution in [1.82, 2.24) is 9.55 Å². The number of nitrogen functional groups attached to an aromatic ring is 1. The fraction of sp³-hybridized carbons (Fsp3) is 0.522. The van der Waals surface area contributed by atoms with Crippen molar-refractivity contribution in [3.63, 3.8) is 0 Å². The number of hydrogen-bond donors (Lipinski definition) is 2. The molecule has 2 rings (SSSR count). The van der Waals surface area contributed by atoms with Gasteiger partial charge < -0.3 is 10.6 Å². The summed E-state index contributed by atoms with van der Waals surface area (Å²) in [5, 5.41) is 0. The molecular formula is C23H34N4O3S. The molecule has 0 saturated heterocycles. The number of H-pyrrole nitrogens is 1. The molecule has 8 heteroatoms. The van der Waals surface area contributed by atoms with Crippen molar-refractivity contribution in [3.05, 3.63) is 50.2 Å². The first-order valence-electron chi connectivity index (χ1n) is 10.9. The van der Waals surface area contributed by atoms with Crippen LogP contribution in [0.5, 0.6) is 0 Å². The summed E-state index contributed by atoms with van der Waals surface area (Å²) in [4.78, 5) is 42.8. The molecule has 0 fully saturated rings. The maximum Gasteiger partial charge on any atom is 0.330 e. The average molecular weight is 447 g/mol. The van der Waals surface area contributed by atoms with E-state index in [2.05, 4.69) is 37.0 Å². The zero-order chi connectivity index (χ0) is 23.0. The van der Waals surface area contributed by atoms with Crippen molar-refractivity contribution in [3.8, 4) is 0 Å². The summed E-state index contributed by atoms with van der Waals surface area (Å²) in [6, 6.07) is 6.25. The zero-order valence-electron chi connectivity index (χ0n) is 19.0. The summed E-state index contributed by atoms with van der Waals surface area (Å²) < 4.78 is 1.36. The number of aromatic amines is 1. The highest BCUT2D eigenvalue weighted by atomic mass is 32.2. The predicted octanol–water partition coefficient (Wildman–Crippen LogP) is 3.85. The van der Waals surface area contributed by atoms with Crippen LogP contribution in [0, 0.1) is 13.8 Å². The van der Waals surface area contributed by atoms with Crippen molar-refractivity contribution in [2.24, 2.45) is 0 Å². The number of nitrogens with zero attached hydrogens (tertiary/aromatic N) is 2. The van der Waals surface area contributed by atoms with Gasteiger partial charge in [0.1, 0.15) is 5.82 Å². The van der Waals surface area contributed by atoms with Gasteiger partial charge in [0.05, 0.1) is 0 Å². The van der Waals surface area contributed by atoms with Gasteiger partial charge in [-0.1, -0.05) is 32.8 Å². The Morgan fingerprint density at radius 1 is 1.13 bits per heavy atom. The number of carbonyl (C=O) groups is 1. The molecule has 0 atom stereocenters. The van der Waals surface area contributed by atoms with Crippen molar-refractivity contribution >= 4 is 29.2 Å². The smallest absolute Gasteiger partial charge is 0.330 e. The summed E-state index contributed by atoms with van der Waals surface area (Å²) in [5.74, 6) is 0.494. The number of nitrogens with two attached hydrogens (primary N) is 1. The number of unbranched alkanes of at least 4 members (excludes halogenated alkanes) is 2. The second-order valence-electron chi connectivity index (χ2n) is 7.74. The first-order chi connectivity index (χ1) is 14.8. The van der Waals surface area contributed by atoms with E-state index in [1.807, 2.05) is 13.8 Å². The lowest BCUT2D eigenvalue weighted by molar-refractivity contribution is -0.118. The van der Waals surface area contributed by atoms with E-state index in [4.69, 9.17) is 5.73 Å². The van der Waals surface area contributed by atoms with Gasteiger partial charge in [-0.15, -0.1) is 11.8 Å². The number of hydrogen-bond acceptors (Lipinski definition) is 5. The summed E-state index contributed by atoms with van der Waals surface area (Å²) in [6.07, 6.45) is 3.52. The quantitative estimate of drug-likeness (QED) is 0.511. The van der Waals surface area contributed by atoms with E-state index in [0.717, 1.165) is 30.6 Å². The zero-order valence-corrected chi connectivity index (χ0v) is 19.8. The lowest BCUT2D eigenvalue weighted by Crippen LogP contribution is -2.41. The molecule has 7 nitrogen and oxygen atoms in total. The summed E-state index contributed by atoms with van der Waals surface area (Å²) in [7, 11) is 0. The molecule has 3 N–H and O–H groups in total. The summed E-state index contributed by atoms with van der Waals surface area (Å²) >= 11 is 1.61. The lowest BCUT2D eigenvalue weighted by atomic mass is 10.1. The lowest BCUT2D eigenvalue weighted by Gasteiger charge is -2.24. The molecule has 0 bridgehead atoms. The monoisotopic (exact) mass is 446 g/mol. The Bertz CT molecular complexity index is 1010. The Morgan fingerprint density at radius 3 is 2.48 bits per heavy atom. The SMILES string of the molecule is CCCCN(C(=O)CCSc1ccc(C)c(C)c1)c1c(N)n(CCCC)c(=O)[nH]c1=O. The summed E-state index contributed by atoms with van der Waals surface area (Å²) in [5.41, 5.74) is 7.63. The third-order valence-electron chi connectivity index (χ3n) is 5.32. The van der Waals surface area contributed by atoms with E-state index in [1.54, 1.807) is 11.8 Å². The molecule has 170 valence electrons. The molecular weight excluding hydrogens is 412 g/mol. The number of amides is 1. The minimum Gasteiger partial charge on any atom is -0.383 e. The van der Waals surface area contributed by atoms with Gasteiger partial charge in [-0.2, -0.15) is 0 Å². The van der Waals surface area contributed by atoms with Crippen LogP contribution in [0.3, 0.4) is 0 Å². The van der Waals surface area contributed by atoms with Crippen LogP contribution in [0.2, 0.25) is 0 Å². The molecule has 0 aliphatic heterocycles. The normalized spacial score (nSPS) is 11.0. The van der Waals surface area contributed by atoms with Crippen molar-refractivity contribution < 1.29 is 4.79 Å². The molecule has 1 aromatic heterocycles. The molecule has 0 saturated carbocycles. The van der Waals surface area contributed by atoms with Crippen LogP contribution in [0.15, 0.2) is 32.7 Å². The Kier molecular flexibility index (Phi) is 9.43. The molecule has 31 heavy (non-hydrogen) atoms. The maximum atomic E-state index is 13.1. The number of thioether (sulfide) groups is 1. The Labute approximate surface area is 188 Å². The number of nitrogens with one attached hydrogen (secondary N) is 1.